The van der Waals surface area contributed by atoms with Crippen molar-refractivity contribution in [2.24, 2.45) is 17.1 Å². The highest BCUT2D eigenvalue weighted by molar-refractivity contribution is 6.03. The Morgan fingerprint density at radius 3 is 2.70 bits per heavy atom. The number of hydrogen-bond acceptors (Lipinski definition) is 10. The van der Waals surface area contributed by atoms with Crippen molar-refractivity contribution in [2.45, 2.75) is 69.8 Å². The van der Waals surface area contributed by atoms with Crippen molar-refractivity contribution in [3.63, 3.8) is 0 Å². The molecule has 2 N–H and O–H groups in total. The minimum atomic E-state index is -0.973. The average molecular weight is 731 g/mol. The van der Waals surface area contributed by atoms with E-state index in [0.717, 1.165) is 19.4 Å². The zero-order valence-electron chi connectivity index (χ0n) is 30.0. The van der Waals surface area contributed by atoms with Crippen molar-refractivity contribution < 1.29 is 36.9 Å². The number of amides is 1. The first-order chi connectivity index (χ1) is 25.3. The topological polar surface area (TPSA) is 125 Å². The summed E-state index contributed by atoms with van der Waals surface area (Å²) in [6, 6.07) is 5.49. The highest BCUT2D eigenvalue weighted by atomic mass is 19.1. The molecule has 0 spiro atoms. The number of hydrogen-bond donors (Lipinski definition) is 1. The number of nitrogens with two attached hydrogens (primary N) is 1. The Balaban J connectivity index is 1.31. The number of alkyl halides is 1. The van der Waals surface area contributed by atoms with Crippen molar-refractivity contribution in [2.75, 3.05) is 45.0 Å². The van der Waals surface area contributed by atoms with Crippen LogP contribution in [0.25, 0.3) is 32.9 Å². The van der Waals surface area contributed by atoms with Crippen LogP contribution in [0.2, 0.25) is 0 Å². The van der Waals surface area contributed by atoms with Crippen LogP contribution in [0.15, 0.2) is 30.5 Å². The zero-order chi connectivity index (χ0) is 37.4. The van der Waals surface area contributed by atoms with Gasteiger partial charge in [-0.05, 0) is 54.8 Å². The van der Waals surface area contributed by atoms with Gasteiger partial charge in [0, 0.05) is 49.7 Å². The molecule has 3 saturated heterocycles. The van der Waals surface area contributed by atoms with Crippen LogP contribution in [-0.2, 0) is 9.47 Å². The van der Waals surface area contributed by atoms with E-state index in [1.165, 1.54) is 31.5 Å². The minimum absolute atomic E-state index is 0.0325. The molecule has 4 fully saturated rings. The Morgan fingerprint density at radius 1 is 1.15 bits per heavy atom. The van der Waals surface area contributed by atoms with Crippen LogP contribution in [0.4, 0.5) is 23.8 Å². The number of nitrogens with zero attached hydrogens (tertiary/aromatic N) is 5. The Labute approximate surface area is 304 Å². The van der Waals surface area contributed by atoms with E-state index >= 15 is 8.78 Å². The quantitative estimate of drug-likeness (QED) is 0.159. The second kappa shape index (κ2) is 12.6. The normalized spacial score (nSPS) is 26.5. The smallest absolute Gasteiger partial charge is 0.405 e. The van der Waals surface area contributed by atoms with E-state index in [1.807, 2.05) is 25.7 Å². The number of halogens is 3. The largest absolute Gasteiger partial charge is 0.468 e. The van der Waals surface area contributed by atoms with Gasteiger partial charge in [-0.25, -0.2) is 18.0 Å². The predicted molar refractivity (Wildman–Crippen MR) is 191 cm³/mol. The first kappa shape index (κ1) is 35.2. The fourth-order valence-electron chi connectivity index (χ4n) is 9.36. The van der Waals surface area contributed by atoms with Crippen LogP contribution in [0.3, 0.4) is 0 Å². The third kappa shape index (κ3) is 5.76. The summed E-state index contributed by atoms with van der Waals surface area (Å²) in [6.07, 6.45) is 8.04. The molecule has 4 aliphatic rings. The number of pyridine rings is 1. The number of fused-ring (bicyclic) bond motifs is 4. The summed E-state index contributed by atoms with van der Waals surface area (Å²) < 4.78 is 70.1. The molecule has 2 aromatic heterocycles. The van der Waals surface area contributed by atoms with Crippen LogP contribution >= 0.6 is 0 Å². The molecule has 4 aromatic rings. The number of aromatic nitrogens is 3. The summed E-state index contributed by atoms with van der Waals surface area (Å²) >= 11 is 0. The van der Waals surface area contributed by atoms with Gasteiger partial charge >= 0.3 is 12.1 Å². The number of terminal acetylenes is 1. The third-order valence-electron chi connectivity index (χ3n) is 11.3. The molecule has 1 saturated carbocycles. The molecule has 0 radical (unpaired) electrons. The number of carbonyl (C=O) groups excluding carboxylic acids is 1. The molecule has 278 valence electrons. The molecule has 53 heavy (non-hydrogen) atoms. The van der Waals surface area contributed by atoms with Gasteiger partial charge in [-0.3, -0.25) is 9.88 Å². The molecule has 11 nitrogen and oxygen atoms in total. The Morgan fingerprint density at radius 2 is 1.96 bits per heavy atom. The highest BCUT2D eigenvalue weighted by Gasteiger charge is 2.72. The molecule has 14 heteroatoms. The molecule has 0 bridgehead atoms. The summed E-state index contributed by atoms with van der Waals surface area (Å²) in [5.74, 6) is 1.58. The monoisotopic (exact) mass is 730 g/mol. The fourth-order valence-corrected chi connectivity index (χ4v) is 9.36. The molecule has 1 aliphatic carbocycles. The molecule has 1 amide bonds. The number of ether oxygens (including phenoxy) is 4. The number of methoxy groups -OCH3 is 1. The molecule has 5 atom stereocenters. The van der Waals surface area contributed by atoms with Gasteiger partial charge in [0.15, 0.2) is 12.6 Å². The Kier molecular flexibility index (Phi) is 8.38. The van der Waals surface area contributed by atoms with Crippen LogP contribution < -0.4 is 20.1 Å². The third-order valence-corrected chi connectivity index (χ3v) is 11.3. The molecular formula is C39H41F3N6O5. The van der Waals surface area contributed by atoms with E-state index in [9.17, 15) is 9.18 Å². The van der Waals surface area contributed by atoms with E-state index in [-0.39, 0.29) is 58.4 Å². The van der Waals surface area contributed by atoms with Crippen molar-refractivity contribution in [3.8, 4) is 35.4 Å². The number of rotatable bonds is 9. The van der Waals surface area contributed by atoms with Gasteiger partial charge < -0.3 is 29.6 Å². The van der Waals surface area contributed by atoms with Crippen LogP contribution in [0.5, 0.6) is 11.8 Å². The Hall–Kier alpha value is -4.87. The fraction of sp³-hybridized carbons (Fsp3) is 0.487. The lowest BCUT2D eigenvalue weighted by Crippen LogP contribution is -2.51. The van der Waals surface area contributed by atoms with Gasteiger partial charge in [-0.2, -0.15) is 9.97 Å². The van der Waals surface area contributed by atoms with Gasteiger partial charge in [0.05, 0.1) is 22.5 Å². The van der Waals surface area contributed by atoms with Crippen LogP contribution in [0.1, 0.15) is 52.0 Å². The number of benzene rings is 2. The van der Waals surface area contributed by atoms with Gasteiger partial charge in [-0.1, -0.05) is 32.8 Å². The maximum Gasteiger partial charge on any atom is 0.405 e. The number of primary amides is 1. The van der Waals surface area contributed by atoms with Crippen molar-refractivity contribution >= 4 is 33.6 Å². The second-order valence-corrected chi connectivity index (χ2v) is 15.8. The average Bonchev–Trinajstić information content (AvgIpc) is 3.33. The molecular weight excluding hydrogens is 689 g/mol. The lowest BCUT2D eigenvalue weighted by atomic mass is 9.81. The summed E-state index contributed by atoms with van der Waals surface area (Å²) in [6.45, 7) is 7.67. The Bertz CT molecular complexity index is 2190. The summed E-state index contributed by atoms with van der Waals surface area (Å²) in [7, 11) is 1.47. The molecule has 3 aliphatic heterocycles. The molecule has 2 aromatic carbocycles. The standard InChI is InChI=1S/C39H41F3N6O5/c1-6-25-28(41)9-8-21-12-24(52-20-50-5)13-26(29(21)25)31-30(42)32-27(16-44-31)33(48-17-22-14-39(22,53-35(43)49)34(48)37(2,3)4)46-36(45-32)51-19-38-10-7-11-47(38)18-23(40)15-38/h1,8-9,12-13,16,22-23,34H,7,10-11,14-15,17-20H2,2-5H3,(H2,43,49)/t22-,23+,34?,38-,39+/m0/s1. The summed E-state index contributed by atoms with van der Waals surface area (Å²) in [5.41, 5.74) is 3.63. The molecule has 5 heterocycles. The predicted octanol–water partition coefficient (Wildman–Crippen LogP) is 6.13. The van der Waals surface area contributed by atoms with Crippen LogP contribution in [0, 0.1) is 35.3 Å². The van der Waals surface area contributed by atoms with Gasteiger partial charge in [0.1, 0.15) is 47.0 Å². The van der Waals surface area contributed by atoms with E-state index in [2.05, 4.69) is 20.8 Å². The second-order valence-electron chi connectivity index (χ2n) is 15.8. The maximum atomic E-state index is 17.3. The van der Waals surface area contributed by atoms with E-state index in [4.69, 9.17) is 36.1 Å². The SMILES string of the molecule is C#Cc1c(F)ccc2cc(OCOC)cc(-c3ncc4c(N5C[C@@H]6C[C@]6(OC(N)=O)C5C(C)(C)C)nc(OC[C@@]56CCCN5C[C@H](F)C6)nc4c3F)c12. The molecule has 8 rings (SSSR count). The van der Waals surface area contributed by atoms with Gasteiger partial charge in [0.2, 0.25) is 0 Å². The number of anilines is 1. The highest BCUT2D eigenvalue weighted by Crippen LogP contribution is 2.61. The minimum Gasteiger partial charge on any atom is -0.468 e. The zero-order valence-corrected chi connectivity index (χ0v) is 30.0. The van der Waals surface area contributed by atoms with Crippen molar-refractivity contribution in [3.05, 3.63) is 47.7 Å². The lowest BCUT2D eigenvalue weighted by Gasteiger charge is -2.41. The summed E-state index contributed by atoms with van der Waals surface area (Å²) in [5, 5.41) is 1.06. The van der Waals surface area contributed by atoms with Gasteiger partial charge in [0.25, 0.3) is 0 Å². The number of piperidine rings is 1. The van der Waals surface area contributed by atoms with E-state index < -0.39 is 46.5 Å². The first-order valence-electron chi connectivity index (χ1n) is 17.8. The first-order valence-corrected chi connectivity index (χ1v) is 17.8. The summed E-state index contributed by atoms with van der Waals surface area (Å²) in [4.78, 5) is 30.4. The van der Waals surface area contributed by atoms with Crippen molar-refractivity contribution in [1.82, 2.24) is 19.9 Å². The van der Waals surface area contributed by atoms with Gasteiger partial charge in [-0.15, -0.1) is 6.42 Å². The number of carbonyl (C=O) groups is 1. The molecule has 1 unspecified atom stereocenters. The van der Waals surface area contributed by atoms with Crippen LogP contribution in [-0.4, -0.2) is 89.4 Å². The van der Waals surface area contributed by atoms with E-state index in [1.54, 1.807) is 6.07 Å². The lowest BCUT2D eigenvalue weighted by molar-refractivity contribution is 0.0463. The maximum absolute atomic E-state index is 17.3. The van der Waals surface area contributed by atoms with Crippen molar-refractivity contribution in [1.29, 1.82) is 0 Å². The van der Waals surface area contributed by atoms with E-state index in [0.29, 0.717) is 42.9 Å².